The number of aliphatic hydroxyl groups excluding tert-OH is 1. The van der Waals surface area contributed by atoms with Gasteiger partial charge in [0, 0.05) is 19.4 Å². The molecule has 0 unspecified atom stereocenters. The summed E-state index contributed by atoms with van der Waals surface area (Å²) in [5.41, 5.74) is 2.16. The van der Waals surface area contributed by atoms with Gasteiger partial charge >= 0.3 is 11.9 Å². The van der Waals surface area contributed by atoms with Crippen LogP contribution in [0.2, 0.25) is 0 Å². The first-order valence-corrected chi connectivity index (χ1v) is 8.61. The molecule has 142 valence electrons. The van der Waals surface area contributed by atoms with Gasteiger partial charge in [-0.05, 0) is 30.4 Å². The van der Waals surface area contributed by atoms with Gasteiger partial charge in [0.2, 0.25) is 0 Å². The van der Waals surface area contributed by atoms with Gasteiger partial charge in [-0.25, -0.2) is 0 Å². The van der Waals surface area contributed by atoms with Crippen molar-refractivity contribution in [3.8, 4) is 0 Å². The van der Waals surface area contributed by atoms with Crippen LogP contribution >= 0.6 is 0 Å². The molecule has 2 rings (SSSR count). The highest BCUT2D eigenvalue weighted by Gasteiger charge is 1.97. The van der Waals surface area contributed by atoms with E-state index in [1.807, 2.05) is 67.6 Å². The van der Waals surface area contributed by atoms with E-state index in [0.717, 1.165) is 17.5 Å². The molecule has 0 aliphatic carbocycles. The van der Waals surface area contributed by atoms with Crippen molar-refractivity contribution in [3.05, 3.63) is 71.8 Å². The molecule has 0 bridgehead atoms. The van der Waals surface area contributed by atoms with E-state index >= 15 is 0 Å². The lowest BCUT2D eigenvalue weighted by atomic mass is 10.1. The molecule has 3 N–H and O–H groups in total. The van der Waals surface area contributed by atoms with E-state index in [1.54, 1.807) is 0 Å². The van der Waals surface area contributed by atoms with Crippen LogP contribution in [0, 0.1) is 0 Å². The zero-order chi connectivity index (χ0) is 19.6. The van der Waals surface area contributed by atoms with Crippen LogP contribution in [-0.2, 0) is 22.4 Å². The fourth-order valence-corrected chi connectivity index (χ4v) is 1.79. The molecule has 0 atom stereocenters. The first-order chi connectivity index (χ1) is 12.5. The Bertz CT molecular complexity index is 541. The number of aryl methyl sites for hydroxylation is 2. The second kappa shape index (κ2) is 15.8. The number of carboxylic acids is 2. The van der Waals surface area contributed by atoms with E-state index in [-0.39, 0.29) is 12.8 Å². The Morgan fingerprint density at radius 3 is 1.27 bits per heavy atom. The lowest BCUT2D eigenvalue weighted by molar-refractivity contribution is -0.138. The Balaban J connectivity index is 0.000000401. The third kappa shape index (κ3) is 14.9. The van der Waals surface area contributed by atoms with Gasteiger partial charge < -0.3 is 15.3 Å². The smallest absolute Gasteiger partial charge is 0.303 e. The molecule has 2 aromatic rings. The third-order valence-corrected chi connectivity index (χ3v) is 3.16. The number of hydrogen-bond donors (Lipinski definition) is 3. The summed E-state index contributed by atoms with van der Waals surface area (Å²) >= 11 is 0. The quantitative estimate of drug-likeness (QED) is 0.698. The van der Waals surface area contributed by atoms with Gasteiger partial charge in [0.15, 0.2) is 0 Å². The van der Waals surface area contributed by atoms with Crippen molar-refractivity contribution in [1.29, 1.82) is 0 Å². The Hall–Kier alpha value is -2.66. The topological polar surface area (TPSA) is 94.8 Å². The highest BCUT2D eigenvalue weighted by molar-refractivity contribution is 5.67. The van der Waals surface area contributed by atoms with Gasteiger partial charge in [-0.15, -0.1) is 0 Å². The molecular formula is C21H28O5. The maximum Gasteiger partial charge on any atom is 0.303 e. The van der Waals surface area contributed by atoms with Crippen LogP contribution in [0.1, 0.15) is 37.3 Å². The number of hydrogen-bond acceptors (Lipinski definition) is 3. The van der Waals surface area contributed by atoms with Crippen LogP contribution < -0.4 is 0 Å². The zero-order valence-corrected chi connectivity index (χ0v) is 15.2. The van der Waals surface area contributed by atoms with Crippen molar-refractivity contribution < 1.29 is 24.9 Å². The number of carbonyl (C=O) groups is 2. The molecule has 2 aromatic carbocycles. The minimum absolute atomic E-state index is 0.212. The molecule has 0 fully saturated rings. The van der Waals surface area contributed by atoms with E-state index in [1.165, 1.54) is 0 Å². The molecule has 0 heterocycles. The van der Waals surface area contributed by atoms with Gasteiger partial charge in [0.25, 0.3) is 0 Å². The molecule has 0 saturated heterocycles. The van der Waals surface area contributed by atoms with Crippen molar-refractivity contribution in [2.75, 3.05) is 6.61 Å². The standard InChI is InChI=1S/2C9H10O2.C3H8O/c2*10-9(11)7-6-8-4-2-1-3-5-8;1-2-3-4/h2*1-5H,6-7H2,(H,10,11);4H,2-3H2,1H3. The van der Waals surface area contributed by atoms with Crippen LogP contribution in [0.4, 0.5) is 0 Å². The van der Waals surface area contributed by atoms with E-state index < -0.39 is 11.9 Å². The summed E-state index contributed by atoms with van der Waals surface area (Å²) in [7, 11) is 0. The van der Waals surface area contributed by atoms with Crippen LogP contribution in [0.15, 0.2) is 60.7 Å². The van der Waals surface area contributed by atoms with Gasteiger partial charge in [0.1, 0.15) is 0 Å². The third-order valence-electron chi connectivity index (χ3n) is 3.16. The second-order valence-corrected chi connectivity index (χ2v) is 5.48. The summed E-state index contributed by atoms with van der Waals surface area (Å²) in [4.78, 5) is 20.3. The van der Waals surface area contributed by atoms with Gasteiger partial charge in [0.05, 0.1) is 0 Å². The molecular weight excluding hydrogens is 332 g/mol. The van der Waals surface area contributed by atoms with E-state index in [2.05, 4.69) is 0 Å². The van der Waals surface area contributed by atoms with Crippen molar-refractivity contribution in [2.45, 2.75) is 39.0 Å². The summed E-state index contributed by atoms with van der Waals surface area (Å²) < 4.78 is 0. The molecule has 0 saturated carbocycles. The Morgan fingerprint density at radius 1 is 0.731 bits per heavy atom. The number of carboxylic acid groups (broad SMARTS) is 2. The predicted octanol–water partition coefficient (Wildman–Crippen LogP) is 3.80. The minimum atomic E-state index is -0.742. The highest BCUT2D eigenvalue weighted by atomic mass is 16.4. The summed E-state index contributed by atoms with van der Waals surface area (Å²) in [5.74, 6) is -1.48. The summed E-state index contributed by atoms with van der Waals surface area (Å²) in [6.07, 6.45) is 2.54. The molecule has 5 heteroatoms. The van der Waals surface area contributed by atoms with E-state index in [9.17, 15) is 9.59 Å². The molecule has 0 spiro atoms. The van der Waals surface area contributed by atoms with Crippen molar-refractivity contribution in [2.24, 2.45) is 0 Å². The normalized spacial score (nSPS) is 9.15. The Morgan fingerprint density at radius 2 is 1.04 bits per heavy atom. The fourth-order valence-electron chi connectivity index (χ4n) is 1.79. The van der Waals surface area contributed by atoms with Gasteiger partial charge in [-0.3, -0.25) is 9.59 Å². The van der Waals surface area contributed by atoms with Crippen molar-refractivity contribution >= 4 is 11.9 Å². The number of aliphatic carboxylic acids is 2. The molecule has 0 radical (unpaired) electrons. The number of aliphatic hydroxyl groups is 1. The highest BCUT2D eigenvalue weighted by Crippen LogP contribution is 2.02. The molecule has 0 aliphatic heterocycles. The summed E-state index contributed by atoms with van der Waals surface area (Å²) in [5, 5.41) is 24.6. The van der Waals surface area contributed by atoms with Gasteiger partial charge in [-0.2, -0.15) is 0 Å². The number of rotatable bonds is 7. The maximum absolute atomic E-state index is 10.2. The molecule has 0 aromatic heterocycles. The first-order valence-electron chi connectivity index (χ1n) is 8.61. The lowest BCUT2D eigenvalue weighted by Gasteiger charge is -1.95. The molecule has 26 heavy (non-hydrogen) atoms. The zero-order valence-electron chi connectivity index (χ0n) is 15.2. The van der Waals surface area contributed by atoms with Crippen molar-refractivity contribution in [1.82, 2.24) is 0 Å². The SMILES string of the molecule is CCCO.O=C(O)CCc1ccccc1.O=C(O)CCc1ccccc1. The van der Waals surface area contributed by atoms with Crippen LogP contribution in [0.3, 0.4) is 0 Å². The van der Waals surface area contributed by atoms with Gasteiger partial charge in [-0.1, -0.05) is 67.6 Å². The molecule has 5 nitrogen and oxygen atoms in total. The van der Waals surface area contributed by atoms with Crippen molar-refractivity contribution in [3.63, 3.8) is 0 Å². The van der Waals surface area contributed by atoms with E-state index in [4.69, 9.17) is 15.3 Å². The average Bonchev–Trinajstić information content (AvgIpc) is 2.67. The summed E-state index contributed by atoms with van der Waals surface area (Å²) in [6.45, 7) is 2.25. The molecule has 0 amide bonds. The van der Waals surface area contributed by atoms with Crippen LogP contribution in [-0.4, -0.2) is 33.9 Å². The number of benzene rings is 2. The Kier molecular flexibility index (Phi) is 14.2. The Labute approximate surface area is 154 Å². The average molecular weight is 360 g/mol. The predicted molar refractivity (Wildman–Crippen MR) is 102 cm³/mol. The first kappa shape index (κ1) is 23.3. The lowest BCUT2D eigenvalue weighted by Crippen LogP contribution is -1.96. The van der Waals surface area contributed by atoms with Crippen LogP contribution in [0.5, 0.6) is 0 Å². The molecule has 0 aliphatic rings. The minimum Gasteiger partial charge on any atom is -0.481 e. The second-order valence-electron chi connectivity index (χ2n) is 5.48. The fraction of sp³-hybridized carbons (Fsp3) is 0.333. The largest absolute Gasteiger partial charge is 0.481 e. The maximum atomic E-state index is 10.2. The summed E-state index contributed by atoms with van der Waals surface area (Å²) in [6, 6.07) is 19.2. The monoisotopic (exact) mass is 360 g/mol. The van der Waals surface area contributed by atoms with E-state index in [0.29, 0.717) is 19.4 Å². The van der Waals surface area contributed by atoms with Crippen LogP contribution in [0.25, 0.3) is 0 Å².